The van der Waals surface area contributed by atoms with Crippen molar-refractivity contribution in [3.8, 4) is 11.3 Å². The molecule has 0 spiro atoms. The number of nitrogens with two attached hydrogens (primary N) is 1. The summed E-state index contributed by atoms with van der Waals surface area (Å²) in [5, 5.41) is 3.68. The fourth-order valence-electron chi connectivity index (χ4n) is 1.11. The Labute approximate surface area is 69.4 Å². The second-order valence-corrected chi connectivity index (χ2v) is 2.48. The summed E-state index contributed by atoms with van der Waals surface area (Å²) in [5.41, 5.74) is 7.40. The number of aromatic nitrogens is 2. The number of H-pyrrole nitrogens is 1. The first-order valence-corrected chi connectivity index (χ1v) is 3.68. The van der Waals surface area contributed by atoms with Crippen LogP contribution in [0.15, 0.2) is 29.2 Å². The minimum Gasteiger partial charge on any atom is -0.367 e. The van der Waals surface area contributed by atoms with Gasteiger partial charge in [-0.05, 0) is 6.07 Å². The molecule has 0 saturated heterocycles. The number of hydrogen-bond donors (Lipinski definition) is 2. The van der Waals surface area contributed by atoms with E-state index in [1.165, 1.54) is 0 Å². The molecule has 0 unspecified atom stereocenters. The van der Waals surface area contributed by atoms with Crippen LogP contribution in [0, 0.1) is 0 Å². The van der Waals surface area contributed by atoms with Gasteiger partial charge in [-0.3, -0.25) is 0 Å². The molecule has 0 amide bonds. The summed E-state index contributed by atoms with van der Waals surface area (Å²) in [4.78, 5) is 2.94. The molecule has 2 rings (SSSR count). The summed E-state index contributed by atoms with van der Waals surface area (Å²) < 4.78 is 5.05. The van der Waals surface area contributed by atoms with Crippen LogP contribution in [0.4, 0.5) is 0 Å². The lowest BCUT2D eigenvalue weighted by atomic mass is 10.2. The van der Waals surface area contributed by atoms with Crippen molar-refractivity contribution < 1.29 is 4.52 Å². The van der Waals surface area contributed by atoms with Crippen molar-refractivity contribution in [2.75, 3.05) is 0 Å². The highest BCUT2D eigenvalue weighted by atomic mass is 16.5. The molecule has 0 saturated carbocycles. The van der Waals surface area contributed by atoms with E-state index in [1.54, 1.807) is 6.20 Å². The zero-order valence-electron chi connectivity index (χ0n) is 6.45. The highest BCUT2D eigenvalue weighted by Gasteiger charge is 2.08. The molecule has 0 bridgehead atoms. The lowest BCUT2D eigenvalue weighted by molar-refractivity contribution is 0.431. The summed E-state index contributed by atoms with van der Waals surface area (Å²) in [7, 11) is 0. The smallest absolute Gasteiger partial charge is 0.172 e. The van der Waals surface area contributed by atoms with Gasteiger partial charge in [-0.25, -0.2) is 0 Å². The van der Waals surface area contributed by atoms with Gasteiger partial charge in [0.2, 0.25) is 0 Å². The van der Waals surface area contributed by atoms with Crippen LogP contribution in [0.25, 0.3) is 11.3 Å². The maximum atomic E-state index is 5.49. The molecule has 3 N–H and O–H groups in total. The first kappa shape index (κ1) is 7.12. The van der Waals surface area contributed by atoms with Gasteiger partial charge in [0.15, 0.2) is 5.76 Å². The van der Waals surface area contributed by atoms with Crippen molar-refractivity contribution in [3.05, 3.63) is 30.2 Å². The minimum atomic E-state index is 0.448. The maximum Gasteiger partial charge on any atom is 0.172 e. The Balaban J connectivity index is 2.46. The molecule has 2 aromatic rings. The van der Waals surface area contributed by atoms with Gasteiger partial charge in [-0.2, -0.15) is 0 Å². The molecule has 4 heteroatoms. The molecular weight excluding hydrogens is 154 g/mol. The first-order chi connectivity index (χ1) is 5.92. The van der Waals surface area contributed by atoms with Gasteiger partial charge in [0.1, 0.15) is 0 Å². The second kappa shape index (κ2) is 2.83. The Morgan fingerprint density at radius 2 is 2.50 bits per heavy atom. The standard InChI is InChI=1S/C8H9N3O/c9-3-7-5-11-12-8(7)6-1-2-10-4-6/h1-2,4-5,10H,3,9H2. The van der Waals surface area contributed by atoms with Gasteiger partial charge in [-0.15, -0.1) is 0 Å². The summed E-state index contributed by atoms with van der Waals surface area (Å²) in [6, 6.07) is 1.92. The van der Waals surface area contributed by atoms with Gasteiger partial charge in [0, 0.05) is 30.1 Å². The molecule has 0 radical (unpaired) electrons. The predicted molar refractivity (Wildman–Crippen MR) is 44.2 cm³/mol. The van der Waals surface area contributed by atoms with Crippen molar-refractivity contribution in [1.29, 1.82) is 0 Å². The maximum absolute atomic E-state index is 5.49. The average molecular weight is 163 g/mol. The third-order valence-corrected chi connectivity index (χ3v) is 1.72. The average Bonchev–Trinajstić information content (AvgIpc) is 2.74. The van der Waals surface area contributed by atoms with Gasteiger partial charge in [-0.1, -0.05) is 5.16 Å². The molecule has 12 heavy (non-hydrogen) atoms. The highest BCUT2D eigenvalue weighted by Crippen LogP contribution is 2.21. The summed E-state index contributed by atoms with van der Waals surface area (Å²) in [6.07, 6.45) is 5.32. The van der Waals surface area contributed by atoms with E-state index in [9.17, 15) is 0 Å². The van der Waals surface area contributed by atoms with Gasteiger partial charge < -0.3 is 15.2 Å². The largest absolute Gasteiger partial charge is 0.367 e. The lowest BCUT2D eigenvalue weighted by Crippen LogP contribution is -1.95. The number of aromatic amines is 1. The monoisotopic (exact) mass is 163 g/mol. The van der Waals surface area contributed by atoms with Crippen LogP contribution in [0.3, 0.4) is 0 Å². The van der Waals surface area contributed by atoms with Crippen LogP contribution < -0.4 is 5.73 Å². The SMILES string of the molecule is NCc1cnoc1-c1cc[nH]c1. The van der Waals surface area contributed by atoms with E-state index in [1.807, 2.05) is 18.5 Å². The Kier molecular flexibility index (Phi) is 1.68. The van der Waals surface area contributed by atoms with Crippen LogP contribution in [0.1, 0.15) is 5.56 Å². The molecule has 62 valence electrons. The van der Waals surface area contributed by atoms with E-state index in [4.69, 9.17) is 10.3 Å². The summed E-state index contributed by atoms with van der Waals surface area (Å²) in [5.74, 6) is 0.749. The number of rotatable bonds is 2. The fraction of sp³-hybridized carbons (Fsp3) is 0.125. The number of nitrogens with zero attached hydrogens (tertiary/aromatic N) is 1. The predicted octanol–water partition coefficient (Wildman–Crippen LogP) is 1.13. The second-order valence-electron chi connectivity index (χ2n) is 2.48. The number of hydrogen-bond acceptors (Lipinski definition) is 3. The Bertz CT molecular complexity index is 350. The van der Waals surface area contributed by atoms with E-state index in [2.05, 4.69) is 10.1 Å². The zero-order chi connectivity index (χ0) is 8.39. The van der Waals surface area contributed by atoms with Gasteiger partial charge >= 0.3 is 0 Å². The third kappa shape index (κ3) is 1.02. The fourth-order valence-corrected chi connectivity index (χ4v) is 1.11. The van der Waals surface area contributed by atoms with Crippen LogP contribution in [0.2, 0.25) is 0 Å². The van der Waals surface area contributed by atoms with Crippen molar-refractivity contribution in [2.45, 2.75) is 6.54 Å². The molecule has 2 aromatic heterocycles. The van der Waals surface area contributed by atoms with E-state index in [0.717, 1.165) is 16.9 Å². The summed E-state index contributed by atoms with van der Waals surface area (Å²) in [6.45, 7) is 0.448. The van der Waals surface area contributed by atoms with Crippen molar-refractivity contribution in [1.82, 2.24) is 10.1 Å². The quantitative estimate of drug-likeness (QED) is 0.697. The van der Waals surface area contributed by atoms with Gasteiger partial charge in [0.25, 0.3) is 0 Å². The van der Waals surface area contributed by atoms with Crippen molar-refractivity contribution >= 4 is 0 Å². The van der Waals surface area contributed by atoms with Crippen molar-refractivity contribution in [3.63, 3.8) is 0 Å². The molecule has 0 aliphatic heterocycles. The third-order valence-electron chi connectivity index (χ3n) is 1.72. The molecule has 4 nitrogen and oxygen atoms in total. The van der Waals surface area contributed by atoms with E-state index in [0.29, 0.717) is 6.54 Å². The van der Waals surface area contributed by atoms with Crippen molar-refractivity contribution in [2.24, 2.45) is 5.73 Å². The molecule has 0 aromatic carbocycles. The summed E-state index contributed by atoms with van der Waals surface area (Å²) >= 11 is 0. The molecule has 0 atom stereocenters. The molecule has 0 aliphatic carbocycles. The molecular formula is C8H9N3O. The van der Waals surface area contributed by atoms with Crippen LogP contribution in [-0.2, 0) is 6.54 Å². The molecule has 0 aliphatic rings. The molecule has 0 fully saturated rings. The Hall–Kier alpha value is -1.55. The van der Waals surface area contributed by atoms with Crippen LogP contribution in [-0.4, -0.2) is 10.1 Å². The van der Waals surface area contributed by atoms with Gasteiger partial charge in [0.05, 0.1) is 6.20 Å². The van der Waals surface area contributed by atoms with E-state index in [-0.39, 0.29) is 0 Å². The minimum absolute atomic E-state index is 0.448. The first-order valence-electron chi connectivity index (χ1n) is 3.68. The van der Waals surface area contributed by atoms with Crippen LogP contribution >= 0.6 is 0 Å². The van der Waals surface area contributed by atoms with Crippen LogP contribution in [0.5, 0.6) is 0 Å². The normalized spacial score (nSPS) is 10.4. The zero-order valence-corrected chi connectivity index (χ0v) is 6.45. The Morgan fingerprint density at radius 3 is 3.17 bits per heavy atom. The topological polar surface area (TPSA) is 67.8 Å². The molecule has 2 heterocycles. The highest BCUT2D eigenvalue weighted by molar-refractivity contribution is 5.59. The Morgan fingerprint density at radius 1 is 1.58 bits per heavy atom. The lowest BCUT2D eigenvalue weighted by Gasteiger charge is -1.92. The number of nitrogens with one attached hydrogen (secondary N) is 1. The van der Waals surface area contributed by atoms with E-state index >= 15 is 0 Å². The van der Waals surface area contributed by atoms with E-state index < -0.39 is 0 Å².